The van der Waals surface area contributed by atoms with E-state index in [-0.39, 0.29) is 12.5 Å². The van der Waals surface area contributed by atoms with Crippen LogP contribution in [0.5, 0.6) is 5.75 Å². The van der Waals surface area contributed by atoms with Gasteiger partial charge in [0, 0.05) is 22.7 Å². The van der Waals surface area contributed by atoms with Gasteiger partial charge in [0.05, 0.1) is 7.11 Å². The minimum absolute atomic E-state index is 0.286. The Balaban J connectivity index is 2.51. The maximum Gasteiger partial charge on any atom is 0.331 e. The van der Waals surface area contributed by atoms with Gasteiger partial charge in [0.15, 0.2) is 6.61 Å². The zero-order chi connectivity index (χ0) is 16.5. The molecule has 120 valence electrons. The summed E-state index contributed by atoms with van der Waals surface area (Å²) in [6, 6.07) is 5.44. The minimum Gasteiger partial charge on any atom is -0.496 e. The number of hydrogen-bond donors (Lipinski definition) is 1. The smallest absolute Gasteiger partial charge is 0.331 e. The van der Waals surface area contributed by atoms with Crippen molar-refractivity contribution in [1.29, 1.82) is 0 Å². The van der Waals surface area contributed by atoms with E-state index in [0.717, 1.165) is 10.0 Å². The highest BCUT2D eigenvalue weighted by Gasteiger charge is 2.06. The van der Waals surface area contributed by atoms with Gasteiger partial charge >= 0.3 is 5.97 Å². The van der Waals surface area contributed by atoms with Crippen molar-refractivity contribution in [3.8, 4) is 5.75 Å². The summed E-state index contributed by atoms with van der Waals surface area (Å²) < 4.78 is 10.9. The number of nitrogens with one attached hydrogen (secondary N) is 1. The normalized spacial score (nSPS) is 10.8. The van der Waals surface area contributed by atoms with Crippen LogP contribution in [0.4, 0.5) is 0 Å². The van der Waals surface area contributed by atoms with Crippen LogP contribution in [0.3, 0.4) is 0 Å². The Morgan fingerprint density at radius 1 is 1.36 bits per heavy atom. The van der Waals surface area contributed by atoms with Crippen LogP contribution in [-0.4, -0.2) is 32.1 Å². The van der Waals surface area contributed by atoms with Gasteiger partial charge in [0.25, 0.3) is 5.91 Å². The molecule has 0 aliphatic heterocycles. The fourth-order valence-corrected chi connectivity index (χ4v) is 1.93. The highest BCUT2D eigenvalue weighted by atomic mass is 79.9. The van der Waals surface area contributed by atoms with E-state index < -0.39 is 5.97 Å². The average molecular weight is 370 g/mol. The second-order valence-electron chi connectivity index (χ2n) is 5.03. The molecule has 0 saturated heterocycles. The molecule has 6 heteroatoms. The van der Waals surface area contributed by atoms with Crippen LogP contribution in [0.2, 0.25) is 0 Å². The summed E-state index contributed by atoms with van der Waals surface area (Å²) >= 11 is 3.35. The van der Waals surface area contributed by atoms with E-state index in [4.69, 9.17) is 9.47 Å². The summed E-state index contributed by atoms with van der Waals surface area (Å²) in [5, 5.41) is 2.67. The highest BCUT2D eigenvalue weighted by molar-refractivity contribution is 9.10. The fraction of sp³-hybridized carbons (Fsp3) is 0.375. The lowest BCUT2D eigenvalue weighted by atomic mass is 10.2. The number of carbonyl (C=O) groups excluding carboxylic acids is 2. The molecule has 1 aromatic carbocycles. The number of esters is 1. The standard InChI is InChI=1S/C16H20BrNO4/c1-11(2)9-18-15(19)10-22-16(20)7-4-12-8-13(17)5-6-14(12)21-3/h4-8,11H,9-10H2,1-3H3,(H,18,19)/b7-4+. The first kappa shape index (κ1) is 18.2. The van der Waals surface area contributed by atoms with E-state index in [1.165, 1.54) is 6.08 Å². The van der Waals surface area contributed by atoms with Crippen LogP contribution in [0.25, 0.3) is 6.08 Å². The Morgan fingerprint density at radius 3 is 2.73 bits per heavy atom. The molecule has 1 aromatic rings. The summed E-state index contributed by atoms with van der Waals surface area (Å²) in [6.07, 6.45) is 2.85. The third-order valence-electron chi connectivity index (χ3n) is 2.64. The lowest BCUT2D eigenvalue weighted by molar-refractivity contribution is -0.143. The van der Waals surface area contributed by atoms with Crippen LogP contribution >= 0.6 is 15.9 Å². The second-order valence-corrected chi connectivity index (χ2v) is 5.94. The first-order valence-electron chi connectivity index (χ1n) is 6.87. The Morgan fingerprint density at radius 2 is 2.09 bits per heavy atom. The SMILES string of the molecule is COc1ccc(Br)cc1/C=C/C(=O)OCC(=O)NCC(C)C. The lowest BCUT2D eigenvalue weighted by Gasteiger charge is -2.07. The molecule has 0 heterocycles. The predicted octanol–water partition coefficient (Wildman–Crippen LogP) is 2.79. The topological polar surface area (TPSA) is 64.6 Å². The molecule has 0 bridgehead atoms. The Kier molecular flexibility index (Phi) is 7.66. The molecule has 1 amide bonds. The minimum atomic E-state index is -0.582. The third-order valence-corrected chi connectivity index (χ3v) is 3.14. The van der Waals surface area contributed by atoms with E-state index in [2.05, 4.69) is 21.2 Å². The quantitative estimate of drug-likeness (QED) is 0.592. The predicted molar refractivity (Wildman–Crippen MR) is 88.5 cm³/mol. The monoisotopic (exact) mass is 369 g/mol. The molecule has 1 rings (SSSR count). The molecule has 0 aromatic heterocycles. The summed E-state index contributed by atoms with van der Waals surface area (Å²) in [6.45, 7) is 4.24. The zero-order valence-corrected chi connectivity index (χ0v) is 14.5. The average Bonchev–Trinajstić information content (AvgIpc) is 2.48. The van der Waals surface area contributed by atoms with Crippen molar-refractivity contribution in [3.05, 3.63) is 34.3 Å². The number of ether oxygens (including phenoxy) is 2. The maximum absolute atomic E-state index is 11.6. The van der Waals surface area contributed by atoms with Gasteiger partial charge < -0.3 is 14.8 Å². The van der Waals surface area contributed by atoms with Gasteiger partial charge in [0.1, 0.15) is 5.75 Å². The Labute approximate surface area is 138 Å². The number of amides is 1. The van der Waals surface area contributed by atoms with Crippen LogP contribution in [0.1, 0.15) is 19.4 Å². The van der Waals surface area contributed by atoms with Gasteiger partial charge in [-0.2, -0.15) is 0 Å². The summed E-state index contributed by atoms with van der Waals surface area (Å²) in [5.74, 6) is 0.0997. The van der Waals surface area contributed by atoms with Crippen molar-refractivity contribution < 1.29 is 19.1 Å². The molecule has 0 aliphatic carbocycles. The van der Waals surface area contributed by atoms with Crippen LogP contribution in [0, 0.1) is 5.92 Å². The van der Waals surface area contributed by atoms with Gasteiger partial charge in [-0.05, 0) is 30.2 Å². The number of carbonyl (C=O) groups is 2. The molecule has 0 spiro atoms. The van der Waals surface area contributed by atoms with Crippen molar-refractivity contribution in [3.63, 3.8) is 0 Å². The largest absolute Gasteiger partial charge is 0.496 e. The molecule has 0 saturated carbocycles. The van der Waals surface area contributed by atoms with E-state index in [9.17, 15) is 9.59 Å². The first-order valence-corrected chi connectivity index (χ1v) is 7.66. The van der Waals surface area contributed by atoms with Gasteiger partial charge in [-0.3, -0.25) is 4.79 Å². The van der Waals surface area contributed by atoms with Crippen molar-refractivity contribution in [2.75, 3.05) is 20.3 Å². The fourth-order valence-electron chi connectivity index (χ4n) is 1.55. The van der Waals surface area contributed by atoms with E-state index >= 15 is 0 Å². The van der Waals surface area contributed by atoms with E-state index in [1.54, 1.807) is 19.3 Å². The van der Waals surface area contributed by atoms with Gasteiger partial charge in [-0.25, -0.2) is 4.79 Å². The number of methoxy groups -OCH3 is 1. The summed E-state index contributed by atoms with van der Waals surface area (Å²) in [5.41, 5.74) is 0.734. The number of benzene rings is 1. The highest BCUT2D eigenvalue weighted by Crippen LogP contribution is 2.24. The molecule has 1 N–H and O–H groups in total. The summed E-state index contributed by atoms with van der Waals surface area (Å²) in [7, 11) is 1.55. The third kappa shape index (κ3) is 6.76. The van der Waals surface area contributed by atoms with Crippen molar-refractivity contribution in [2.24, 2.45) is 5.92 Å². The van der Waals surface area contributed by atoms with Crippen molar-refractivity contribution in [1.82, 2.24) is 5.32 Å². The Hall–Kier alpha value is -1.82. The van der Waals surface area contributed by atoms with Crippen molar-refractivity contribution >= 4 is 33.9 Å². The number of halogens is 1. The van der Waals surface area contributed by atoms with Crippen LogP contribution in [0.15, 0.2) is 28.7 Å². The van der Waals surface area contributed by atoms with Crippen LogP contribution in [-0.2, 0) is 14.3 Å². The molecule has 0 unspecified atom stereocenters. The molecular weight excluding hydrogens is 350 g/mol. The molecule has 5 nitrogen and oxygen atoms in total. The number of hydrogen-bond acceptors (Lipinski definition) is 4. The molecular formula is C16H20BrNO4. The van der Waals surface area contributed by atoms with Gasteiger partial charge in [-0.15, -0.1) is 0 Å². The van der Waals surface area contributed by atoms with Gasteiger partial charge in [-0.1, -0.05) is 29.8 Å². The molecule has 0 fully saturated rings. The van der Waals surface area contributed by atoms with Crippen LogP contribution < -0.4 is 10.1 Å². The Bertz CT molecular complexity index is 555. The van der Waals surface area contributed by atoms with E-state index in [0.29, 0.717) is 18.2 Å². The molecule has 22 heavy (non-hydrogen) atoms. The second kappa shape index (κ2) is 9.25. The summed E-state index contributed by atoms with van der Waals surface area (Å²) in [4.78, 5) is 23.0. The number of rotatable bonds is 7. The molecule has 0 radical (unpaired) electrons. The van der Waals surface area contributed by atoms with Gasteiger partial charge in [0.2, 0.25) is 0 Å². The first-order chi connectivity index (χ1) is 10.4. The zero-order valence-electron chi connectivity index (χ0n) is 12.9. The maximum atomic E-state index is 11.6. The van der Waals surface area contributed by atoms with E-state index in [1.807, 2.05) is 26.0 Å². The van der Waals surface area contributed by atoms with Crippen molar-refractivity contribution in [2.45, 2.75) is 13.8 Å². The lowest BCUT2D eigenvalue weighted by Crippen LogP contribution is -2.31. The molecule has 0 atom stereocenters. The molecule has 0 aliphatic rings.